The zero-order chi connectivity index (χ0) is 17.7. The van der Waals surface area contributed by atoms with E-state index in [2.05, 4.69) is 52.7 Å². The predicted molar refractivity (Wildman–Crippen MR) is 104 cm³/mol. The first-order valence-electron chi connectivity index (χ1n) is 7.60. The van der Waals surface area contributed by atoms with Crippen LogP contribution in [0.3, 0.4) is 0 Å². The van der Waals surface area contributed by atoms with Crippen molar-refractivity contribution in [2.75, 3.05) is 0 Å². The lowest BCUT2D eigenvalue weighted by Crippen LogP contribution is -2.27. The van der Waals surface area contributed by atoms with E-state index >= 15 is 0 Å². The van der Waals surface area contributed by atoms with Gasteiger partial charge in [-0.3, -0.25) is 4.79 Å². The van der Waals surface area contributed by atoms with Gasteiger partial charge in [0.15, 0.2) is 0 Å². The van der Waals surface area contributed by atoms with Crippen molar-refractivity contribution >= 4 is 38.8 Å². The maximum absolute atomic E-state index is 12.4. The summed E-state index contributed by atoms with van der Waals surface area (Å²) in [5.74, 6) is 4.29. The molecule has 2 atom stereocenters. The monoisotopic (exact) mass is 351 g/mol. The van der Waals surface area contributed by atoms with Crippen molar-refractivity contribution in [3.8, 4) is 5.75 Å². The highest BCUT2D eigenvalue weighted by molar-refractivity contribution is 8.34. The molecule has 1 heterocycles. The number of hydrogen-bond acceptors (Lipinski definition) is 3. The summed E-state index contributed by atoms with van der Waals surface area (Å²) in [6, 6.07) is 3.55. The van der Waals surface area contributed by atoms with E-state index in [0.717, 1.165) is 16.7 Å². The lowest BCUT2D eigenvalue weighted by molar-refractivity contribution is -0.118. The minimum Gasteiger partial charge on any atom is -0.508 e. The van der Waals surface area contributed by atoms with Crippen molar-refractivity contribution in [1.82, 2.24) is 5.32 Å². The van der Waals surface area contributed by atoms with Gasteiger partial charge in [0, 0.05) is 5.56 Å². The van der Waals surface area contributed by atoms with Crippen LogP contribution in [0.4, 0.5) is 0 Å². The van der Waals surface area contributed by atoms with E-state index in [4.69, 9.17) is 12.2 Å². The number of carbonyl (C=O) groups excluding carboxylic acids is 1. The maximum atomic E-state index is 12.4. The molecule has 1 aromatic carbocycles. The average Bonchev–Trinajstić information content (AvgIpc) is 2.61. The van der Waals surface area contributed by atoms with Crippen molar-refractivity contribution < 1.29 is 9.90 Å². The van der Waals surface area contributed by atoms with Crippen molar-refractivity contribution in [3.63, 3.8) is 0 Å². The molecule has 0 saturated carbocycles. The number of thiocarbonyl (C=S) groups is 1. The van der Waals surface area contributed by atoms with Crippen LogP contribution in [0, 0.1) is 0 Å². The Labute approximate surface area is 146 Å². The second-order valence-electron chi connectivity index (χ2n) is 8.01. The van der Waals surface area contributed by atoms with Gasteiger partial charge in [0.1, 0.15) is 15.3 Å². The molecule has 1 aliphatic heterocycles. The largest absolute Gasteiger partial charge is 0.508 e. The Hall–Kier alpha value is -1.20. The van der Waals surface area contributed by atoms with E-state index in [1.54, 1.807) is 6.07 Å². The van der Waals surface area contributed by atoms with Gasteiger partial charge in [0.05, 0.1) is 0 Å². The van der Waals surface area contributed by atoms with Crippen LogP contribution in [0.2, 0.25) is 0 Å². The highest BCUT2D eigenvalue weighted by Crippen LogP contribution is 2.48. The van der Waals surface area contributed by atoms with E-state index in [-0.39, 0.29) is 27.7 Å². The number of phenols is 1. The predicted octanol–water partition coefficient (Wildman–Crippen LogP) is 4.14. The Morgan fingerprint density at radius 3 is 2.04 bits per heavy atom. The summed E-state index contributed by atoms with van der Waals surface area (Å²) < 4.78 is 0.519. The van der Waals surface area contributed by atoms with Gasteiger partial charge in [-0.15, -0.1) is 10.5 Å². The van der Waals surface area contributed by atoms with Crippen molar-refractivity contribution in [2.45, 2.75) is 57.6 Å². The van der Waals surface area contributed by atoms with Crippen LogP contribution in [-0.2, 0) is 15.6 Å². The van der Waals surface area contributed by atoms with Crippen molar-refractivity contribution in [2.24, 2.45) is 0 Å². The van der Waals surface area contributed by atoms with Crippen LogP contribution in [0.1, 0.15) is 63.5 Å². The molecule has 0 bridgehead atoms. The molecule has 1 amide bonds. The number of rotatable bonds is 1. The third-order valence-electron chi connectivity index (χ3n) is 3.98. The summed E-state index contributed by atoms with van der Waals surface area (Å²) in [6.07, 6.45) is 0. The first kappa shape index (κ1) is 18.1. The molecule has 1 aromatic rings. The van der Waals surface area contributed by atoms with Gasteiger partial charge in [0.2, 0.25) is 5.91 Å². The molecular weight excluding hydrogens is 326 g/mol. The lowest BCUT2D eigenvalue weighted by Gasteiger charge is -2.34. The molecule has 0 radical (unpaired) electrons. The minimum atomic E-state index is -0.584. The van der Waals surface area contributed by atoms with Crippen molar-refractivity contribution in [1.29, 1.82) is 0 Å². The van der Waals surface area contributed by atoms with Gasteiger partial charge in [-0.25, -0.2) is 0 Å². The first-order chi connectivity index (χ1) is 10.4. The number of benzene rings is 1. The van der Waals surface area contributed by atoms with E-state index < -0.39 is 10.5 Å². The third kappa shape index (κ3) is 3.22. The second kappa shape index (κ2) is 5.71. The quantitative estimate of drug-likeness (QED) is 0.748. The van der Waals surface area contributed by atoms with E-state index in [1.807, 2.05) is 6.07 Å². The van der Waals surface area contributed by atoms with E-state index in [9.17, 15) is 9.90 Å². The highest BCUT2D eigenvalue weighted by Gasteiger charge is 2.39. The van der Waals surface area contributed by atoms with Crippen LogP contribution >= 0.6 is 22.7 Å². The van der Waals surface area contributed by atoms with Crippen LogP contribution in [-0.4, -0.2) is 21.2 Å². The molecule has 1 fully saturated rings. The molecule has 0 spiro atoms. The molecule has 5 heteroatoms. The topological polar surface area (TPSA) is 49.3 Å². The zero-order valence-corrected chi connectivity index (χ0v) is 16.2. The summed E-state index contributed by atoms with van der Waals surface area (Å²) >= 11 is 5.23. The van der Waals surface area contributed by atoms with Gasteiger partial charge in [-0.05, 0) is 28.0 Å². The Morgan fingerprint density at radius 2 is 1.65 bits per heavy atom. The Bertz CT molecular complexity index is 709. The fourth-order valence-electron chi connectivity index (χ4n) is 3.16. The molecule has 1 saturated heterocycles. The standard InChI is InChI=1S/C18H25NO2S2/c1-17(2,3)12-10(14-15(21)19-16(22)23(14)7)8-9-11(20)13(12)18(4,5)6/h8-9,14,20H,7H2,1-6H3,(H,19,21,22). The Kier molecular flexibility index (Phi) is 4.50. The highest BCUT2D eigenvalue weighted by atomic mass is 32.2. The van der Waals surface area contributed by atoms with Crippen LogP contribution in [0.5, 0.6) is 5.75 Å². The summed E-state index contributed by atoms with van der Waals surface area (Å²) in [5.41, 5.74) is 2.39. The molecule has 3 nitrogen and oxygen atoms in total. The molecule has 0 aromatic heterocycles. The molecule has 0 aliphatic carbocycles. The Morgan fingerprint density at radius 1 is 1.13 bits per heavy atom. The van der Waals surface area contributed by atoms with E-state index in [1.165, 1.54) is 0 Å². The summed E-state index contributed by atoms with van der Waals surface area (Å²) in [7, 11) is -0.584. The summed E-state index contributed by atoms with van der Waals surface area (Å²) in [4.78, 5) is 12.4. The Balaban J connectivity index is 2.83. The summed E-state index contributed by atoms with van der Waals surface area (Å²) in [6.45, 7) is 12.5. The van der Waals surface area contributed by atoms with Crippen LogP contribution in [0.25, 0.3) is 0 Å². The van der Waals surface area contributed by atoms with E-state index in [0.29, 0.717) is 4.32 Å². The number of aromatic hydroxyl groups is 1. The molecular formula is C18H25NO2S2. The average molecular weight is 352 g/mol. The molecule has 23 heavy (non-hydrogen) atoms. The smallest absolute Gasteiger partial charge is 0.242 e. The van der Waals surface area contributed by atoms with Crippen molar-refractivity contribution in [3.05, 3.63) is 28.8 Å². The number of nitrogens with one attached hydrogen (secondary N) is 1. The number of hydrogen-bond donors (Lipinski definition) is 2. The van der Waals surface area contributed by atoms with Gasteiger partial charge in [-0.1, -0.05) is 65.7 Å². The maximum Gasteiger partial charge on any atom is 0.242 e. The summed E-state index contributed by atoms with van der Waals surface area (Å²) in [5, 5.41) is 12.9. The molecule has 2 N–H and O–H groups in total. The zero-order valence-electron chi connectivity index (χ0n) is 14.6. The van der Waals surface area contributed by atoms with Gasteiger partial charge in [-0.2, -0.15) is 0 Å². The lowest BCUT2D eigenvalue weighted by atomic mass is 9.72. The number of phenolic OH excluding ortho intramolecular Hbond substituents is 1. The van der Waals surface area contributed by atoms with Gasteiger partial charge < -0.3 is 10.4 Å². The number of amides is 1. The van der Waals surface area contributed by atoms with Crippen LogP contribution in [0.15, 0.2) is 12.1 Å². The molecule has 2 rings (SSSR count). The van der Waals surface area contributed by atoms with Gasteiger partial charge >= 0.3 is 0 Å². The fraction of sp³-hybridized carbons (Fsp3) is 0.500. The molecule has 126 valence electrons. The fourth-order valence-corrected chi connectivity index (χ4v) is 4.81. The SMILES string of the molecule is C=S1C(=S)NC(=O)C1c1ccc(O)c(C(C)(C)C)c1C(C)(C)C. The van der Waals surface area contributed by atoms with Crippen LogP contribution < -0.4 is 5.32 Å². The normalized spacial score (nSPS) is 22.3. The van der Waals surface area contributed by atoms with Gasteiger partial charge in [0.25, 0.3) is 0 Å². The molecule has 1 aliphatic rings. The second-order valence-corrected chi connectivity index (χ2v) is 10.4. The molecule has 2 unspecified atom stereocenters. The minimum absolute atomic E-state index is 0.0932. The first-order valence-corrected chi connectivity index (χ1v) is 9.46. The number of carbonyl (C=O) groups is 1. The third-order valence-corrected chi connectivity index (χ3v) is 6.34.